The highest BCUT2D eigenvalue weighted by Crippen LogP contribution is 2.25. The molecule has 2 aliphatic heterocycles. The number of rotatable bonds is 5. The second kappa shape index (κ2) is 8.33. The quantitative estimate of drug-likeness (QED) is 0.808. The molecule has 0 saturated carbocycles. The molecule has 6 heteroatoms. The molecular formula is C21H26FN3O2. The molecule has 2 fully saturated rings. The van der Waals surface area contributed by atoms with Gasteiger partial charge in [0.05, 0.1) is 20.3 Å². The minimum absolute atomic E-state index is 0.252. The number of hydrogen-bond acceptors (Lipinski definition) is 5. The zero-order chi connectivity index (χ0) is 18.6. The summed E-state index contributed by atoms with van der Waals surface area (Å²) >= 11 is 0. The van der Waals surface area contributed by atoms with Crippen molar-refractivity contribution in [1.29, 1.82) is 0 Å². The van der Waals surface area contributed by atoms with Crippen LogP contribution in [0.3, 0.4) is 0 Å². The molecule has 3 heterocycles. The molecule has 1 aromatic carbocycles. The van der Waals surface area contributed by atoms with Gasteiger partial charge in [-0.25, -0.2) is 4.39 Å². The molecule has 2 bridgehead atoms. The Hall–Kier alpha value is -2.02. The summed E-state index contributed by atoms with van der Waals surface area (Å²) in [7, 11) is 1.51. The first-order valence-electron chi connectivity index (χ1n) is 9.47. The monoisotopic (exact) mass is 371 g/mol. The molecule has 0 spiro atoms. The number of pyridine rings is 1. The van der Waals surface area contributed by atoms with Crippen molar-refractivity contribution in [3.8, 4) is 5.75 Å². The van der Waals surface area contributed by atoms with Crippen molar-refractivity contribution >= 4 is 0 Å². The van der Waals surface area contributed by atoms with E-state index >= 15 is 0 Å². The largest absolute Gasteiger partial charge is 0.494 e. The predicted octanol–water partition coefficient (Wildman–Crippen LogP) is 2.56. The lowest BCUT2D eigenvalue weighted by atomic mass is 10.1. The van der Waals surface area contributed by atoms with Gasteiger partial charge < -0.3 is 9.47 Å². The lowest BCUT2D eigenvalue weighted by Gasteiger charge is -2.31. The zero-order valence-corrected chi connectivity index (χ0v) is 15.7. The maximum absolute atomic E-state index is 14.6. The van der Waals surface area contributed by atoms with Crippen molar-refractivity contribution in [2.45, 2.75) is 19.1 Å². The molecule has 27 heavy (non-hydrogen) atoms. The fourth-order valence-corrected chi connectivity index (χ4v) is 4.15. The van der Waals surface area contributed by atoms with Gasteiger partial charge in [0, 0.05) is 62.6 Å². The third kappa shape index (κ3) is 4.29. The van der Waals surface area contributed by atoms with Gasteiger partial charge in [-0.2, -0.15) is 0 Å². The Kier molecular flexibility index (Phi) is 5.66. The van der Waals surface area contributed by atoms with Gasteiger partial charge in [0.15, 0.2) is 11.6 Å². The third-order valence-electron chi connectivity index (χ3n) is 5.42. The maximum Gasteiger partial charge on any atom is 0.169 e. The standard InChI is InChI=1S/C21H26FN3O2/c1-26-20-6-2-5-18(21(20)22)12-24-9-17-11-25(19(13-24)15-27-14-17)10-16-4-3-7-23-8-16/h2-8,17,19H,9-15H2,1H3/t17-,19-/m0/s1. The van der Waals surface area contributed by atoms with Gasteiger partial charge in [-0.15, -0.1) is 0 Å². The molecule has 0 N–H and O–H groups in total. The number of benzene rings is 1. The minimum Gasteiger partial charge on any atom is -0.494 e. The fourth-order valence-electron chi connectivity index (χ4n) is 4.15. The van der Waals surface area contributed by atoms with Gasteiger partial charge in [-0.05, 0) is 17.7 Å². The topological polar surface area (TPSA) is 37.8 Å². The van der Waals surface area contributed by atoms with E-state index in [-0.39, 0.29) is 5.82 Å². The number of hydrogen-bond donors (Lipinski definition) is 0. The van der Waals surface area contributed by atoms with Crippen molar-refractivity contribution in [3.05, 3.63) is 59.7 Å². The summed E-state index contributed by atoms with van der Waals surface area (Å²) in [5, 5.41) is 0. The van der Waals surface area contributed by atoms with Gasteiger partial charge in [0.25, 0.3) is 0 Å². The molecule has 4 rings (SSSR count). The summed E-state index contributed by atoms with van der Waals surface area (Å²) in [5.74, 6) is 0.477. The Morgan fingerprint density at radius 2 is 2.07 bits per heavy atom. The molecule has 0 amide bonds. The lowest BCUT2D eigenvalue weighted by molar-refractivity contribution is 0.0467. The number of methoxy groups -OCH3 is 1. The minimum atomic E-state index is -0.252. The summed E-state index contributed by atoms with van der Waals surface area (Å²) in [6, 6.07) is 9.77. The van der Waals surface area contributed by atoms with Crippen LogP contribution in [0.15, 0.2) is 42.7 Å². The molecular weight excluding hydrogens is 345 g/mol. The van der Waals surface area contributed by atoms with Gasteiger partial charge >= 0.3 is 0 Å². The van der Waals surface area contributed by atoms with Crippen LogP contribution in [-0.4, -0.2) is 60.8 Å². The Labute approximate surface area is 159 Å². The van der Waals surface area contributed by atoms with E-state index in [0.717, 1.165) is 32.8 Å². The van der Waals surface area contributed by atoms with E-state index in [1.807, 2.05) is 24.4 Å². The van der Waals surface area contributed by atoms with Crippen LogP contribution < -0.4 is 4.74 Å². The van der Waals surface area contributed by atoms with E-state index in [2.05, 4.69) is 20.9 Å². The maximum atomic E-state index is 14.6. The first kappa shape index (κ1) is 18.3. The normalized spacial score (nSPS) is 23.8. The van der Waals surface area contributed by atoms with Crippen molar-refractivity contribution in [1.82, 2.24) is 14.8 Å². The highest BCUT2D eigenvalue weighted by atomic mass is 19.1. The van der Waals surface area contributed by atoms with Crippen molar-refractivity contribution in [2.75, 3.05) is 40.0 Å². The number of nitrogens with zero attached hydrogens (tertiary/aromatic N) is 3. The number of fused-ring (bicyclic) bond motifs is 3. The number of ether oxygens (including phenoxy) is 2. The Morgan fingerprint density at radius 1 is 1.15 bits per heavy atom. The van der Waals surface area contributed by atoms with E-state index in [1.54, 1.807) is 12.3 Å². The van der Waals surface area contributed by atoms with Gasteiger partial charge in [0.1, 0.15) is 0 Å². The lowest BCUT2D eigenvalue weighted by Crippen LogP contribution is -2.43. The fraction of sp³-hybridized carbons (Fsp3) is 0.476. The number of aromatic nitrogens is 1. The van der Waals surface area contributed by atoms with E-state index in [4.69, 9.17) is 9.47 Å². The van der Waals surface area contributed by atoms with Crippen LogP contribution >= 0.6 is 0 Å². The molecule has 0 radical (unpaired) electrons. The highest BCUT2D eigenvalue weighted by molar-refractivity contribution is 5.31. The van der Waals surface area contributed by atoms with Crippen LogP contribution in [0.2, 0.25) is 0 Å². The Morgan fingerprint density at radius 3 is 2.89 bits per heavy atom. The molecule has 2 aliphatic rings. The van der Waals surface area contributed by atoms with Crippen LogP contribution in [0.25, 0.3) is 0 Å². The van der Waals surface area contributed by atoms with Crippen LogP contribution in [0.4, 0.5) is 4.39 Å². The van der Waals surface area contributed by atoms with Crippen molar-refractivity contribution in [2.24, 2.45) is 5.92 Å². The van der Waals surface area contributed by atoms with Crippen molar-refractivity contribution in [3.63, 3.8) is 0 Å². The van der Waals surface area contributed by atoms with E-state index in [0.29, 0.717) is 36.4 Å². The first-order chi connectivity index (χ1) is 13.2. The summed E-state index contributed by atoms with van der Waals surface area (Å²) in [6.07, 6.45) is 3.73. The second-order valence-corrected chi connectivity index (χ2v) is 7.48. The molecule has 144 valence electrons. The summed E-state index contributed by atoms with van der Waals surface area (Å²) < 4.78 is 25.6. The van der Waals surface area contributed by atoms with E-state index in [1.165, 1.54) is 12.7 Å². The van der Waals surface area contributed by atoms with Gasteiger partial charge in [0.2, 0.25) is 0 Å². The zero-order valence-electron chi connectivity index (χ0n) is 15.7. The van der Waals surface area contributed by atoms with E-state index in [9.17, 15) is 4.39 Å². The smallest absolute Gasteiger partial charge is 0.169 e. The molecule has 2 atom stereocenters. The van der Waals surface area contributed by atoms with Gasteiger partial charge in [-0.3, -0.25) is 14.8 Å². The molecule has 2 aromatic rings. The number of halogens is 1. The third-order valence-corrected chi connectivity index (χ3v) is 5.42. The van der Waals surface area contributed by atoms with Crippen LogP contribution in [0, 0.1) is 11.7 Å². The van der Waals surface area contributed by atoms with Gasteiger partial charge in [-0.1, -0.05) is 18.2 Å². The molecule has 1 aromatic heterocycles. The van der Waals surface area contributed by atoms with Crippen LogP contribution in [-0.2, 0) is 17.8 Å². The average Bonchev–Trinajstić information content (AvgIpc) is 2.94. The van der Waals surface area contributed by atoms with E-state index < -0.39 is 0 Å². The molecule has 5 nitrogen and oxygen atoms in total. The van der Waals surface area contributed by atoms with Crippen LogP contribution in [0.1, 0.15) is 11.1 Å². The van der Waals surface area contributed by atoms with Crippen LogP contribution in [0.5, 0.6) is 5.75 Å². The highest BCUT2D eigenvalue weighted by Gasteiger charge is 2.33. The molecule has 0 aliphatic carbocycles. The Bertz CT molecular complexity index is 758. The second-order valence-electron chi connectivity index (χ2n) is 7.48. The molecule has 0 unspecified atom stereocenters. The Balaban J connectivity index is 1.49. The SMILES string of the molecule is COc1cccc(CN2C[C@@H]3COC[C@H](C2)N(Cc2cccnc2)C3)c1F. The average molecular weight is 371 g/mol. The summed E-state index contributed by atoms with van der Waals surface area (Å²) in [6.45, 7) is 5.72. The predicted molar refractivity (Wildman–Crippen MR) is 101 cm³/mol. The summed E-state index contributed by atoms with van der Waals surface area (Å²) in [5.41, 5.74) is 1.91. The van der Waals surface area contributed by atoms with Crippen molar-refractivity contribution < 1.29 is 13.9 Å². The first-order valence-corrected chi connectivity index (χ1v) is 9.47. The summed E-state index contributed by atoms with van der Waals surface area (Å²) in [4.78, 5) is 9.09. The molecule has 2 saturated heterocycles.